The number of benzene rings is 2. The molecule has 1 unspecified atom stereocenters. The highest BCUT2D eigenvalue weighted by Crippen LogP contribution is 2.29. The van der Waals surface area contributed by atoms with Crippen LogP contribution >= 0.6 is 34.8 Å². The minimum Gasteiger partial charge on any atom is -0.378 e. The third-order valence-electron chi connectivity index (χ3n) is 2.92. The standard InChI is InChI=1S/C15H14Cl3N/c1-2-15(10-6-7-13(17)14(18)8-10)19-12-5-3-4-11(16)9-12/h3-9,15,19H,2H2,1H3. The van der Waals surface area contributed by atoms with Crippen LogP contribution in [0.15, 0.2) is 42.5 Å². The van der Waals surface area contributed by atoms with Gasteiger partial charge in [0.1, 0.15) is 0 Å². The molecule has 0 heterocycles. The highest BCUT2D eigenvalue weighted by Gasteiger charge is 2.11. The summed E-state index contributed by atoms with van der Waals surface area (Å²) in [5, 5.41) is 5.31. The van der Waals surface area contributed by atoms with Crippen LogP contribution in [0, 0.1) is 0 Å². The van der Waals surface area contributed by atoms with Gasteiger partial charge < -0.3 is 5.32 Å². The fraction of sp³-hybridized carbons (Fsp3) is 0.200. The van der Waals surface area contributed by atoms with Crippen molar-refractivity contribution >= 4 is 40.5 Å². The Balaban J connectivity index is 2.22. The predicted molar refractivity (Wildman–Crippen MR) is 84.6 cm³/mol. The van der Waals surface area contributed by atoms with Crippen molar-refractivity contribution in [3.8, 4) is 0 Å². The summed E-state index contributed by atoms with van der Waals surface area (Å²) in [6.45, 7) is 2.12. The largest absolute Gasteiger partial charge is 0.378 e. The molecule has 0 saturated heterocycles. The molecular weight excluding hydrogens is 301 g/mol. The number of hydrogen-bond acceptors (Lipinski definition) is 1. The lowest BCUT2D eigenvalue weighted by Crippen LogP contribution is -2.09. The smallest absolute Gasteiger partial charge is 0.0595 e. The van der Waals surface area contributed by atoms with Gasteiger partial charge >= 0.3 is 0 Å². The summed E-state index contributed by atoms with van der Waals surface area (Å²) in [4.78, 5) is 0. The summed E-state index contributed by atoms with van der Waals surface area (Å²) in [5.41, 5.74) is 2.10. The zero-order valence-electron chi connectivity index (χ0n) is 10.5. The van der Waals surface area contributed by atoms with E-state index in [-0.39, 0.29) is 6.04 Å². The second-order valence-electron chi connectivity index (χ2n) is 4.29. The Morgan fingerprint density at radius 2 is 1.79 bits per heavy atom. The predicted octanol–water partition coefficient (Wildman–Crippen LogP) is 6.21. The molecule has 100 valence electrons. The van der Waals surface area contributed by atoms with Gasteiger partial charge in [-0.3, -0.25) is 0 Å². The van der Waals surface area contributed by atoms with Crippen LogP contribution in [0.4, 0.5) is 5.69 Å². The minimum absolute atomic E-state index is 0.174. The number of rotatable bonds is 4. The second kappa shape index (κ2) is 6.51. The third kappa shape index (κ3) is 3.79. The van der Waals surface area contributed by atoms with Crippen LogP contribution in [0.1, 0.15) is 24.9 Å². The van der Waals surface area contributed by atoms with Gasteiger partial charge in [0.2, 0.25) is 0 Å². The van der Waals surface area contributed by atoms with Crippen LogP contribution in [-0.2, 0) is 0 Å². The quantitative estimate of drug-likeness (QED) is 0.707. The van der Waals surface area contributed by atoms with Crippen molar-refractivity contribution in [2.75, 3.05) is 5.32 Å². The zero-order chi connectivity index (χ0) is 13.8. The average Bonchev–Trinajstić information content (AvgIpc) is 2.39. The number of halogens is 3. The first kappa shape index (κ1) is 14.5. The Morgan fingerprint density at radius 3 is 2.42 bits per heavy atom. The van der Waals surface area contributed by atoms with Gasteiger partial charge in [-0.1, -0.05) is 53.9 Å². The van der Waals surface area contributed by atoms with Gasteiger partial charge in [-0.25, -0.2) is 0 Å². The van der Waals surface area contributed by atoms with Crippen molar-refractivity contribution in [2.45, 2.75) is 19.4 Å². The van der Waals surface area contributed by atoms with Crippen molar-refractivity contribution in [1.82, 2.24) is 0 Å². The second-order valence-corrected chi connectivity index (χ2v) is 5.54. The molecule has 0 spiro atoms. The third-order valence-corrected chi connectivity index (χ3v) is 3.89. The topological polar surface area (TPSA) is 12.0 Å². The van der Waals surface area contributed by atoms with E-state index in [9.17, 15) is 0 Å². The Hall–Kier alpha value is -0.890. The van der Waals surface area contributed by atoms with Crippen LogP contribution in [0.2, 0.25) is 15.1 Å². The molecule has 0 aliphatic rings. The lowest BCUT2D eigenvalue weighted by molar-refractivity contribution is 0.749. The first-order valence-electron chi connectivity index (χ1n) is 6.07. The van der Waals surface area contributed by atoms with Crippen molar-refractivity contribution in [3.05, 3.63) is 63.1 Å². The fourth-order valence-corrected chi connectivity index (χ4v) is 2.43. The van der Waals surface area contributed by atoms with Crippen molar-refractivity contribution in [1.29, 1.82) is 0 Å². The Labute approximate surface area is 128 Å². The molecule has 0 fully saturated rings. The van der Waals surface area contributed by atoms with E-state index >= 15 is 0 Å². The van der Waals surface area contributed by atoms with E-state index in [4.69, 9.17) is 34.8 Å². The minimum atomic E-state index is 0.174. The molecule has 1 nitrogen and oxygen atoms in total. The van der Waals surface area contributed by atoms with Crippen LogP contribution in [-0.4, -0.2) is 0 Å². The van der Waals surface area contributed by atoms with Gasteiger partial charge in [0.15, 0.2) is 0 Å². The van der Waals surface area contributed by atoms with E-state index in [2.05, 4.69) is 12.2 Å². The first-order valence-corrected chi connectivity index (χ1v) is 7.20. The maximum atomic E-state index is 6.06. The Bertz CT molecular complexity index is 569. The van der Waals surface area contributed by atoms with Gasteiger partial charge in [0.25, 0.3) is 0 Å². The molecule has 1 N–H and O–H groups in total. The molecule has 0 aliphatic heterocycles. The summed E-state index contributed by atoms with van der Waals surface area (Å²) in [6, 6.07) is 13.6. The molecule has 19 heavy (non-hydrogen) atoms. The molecule has 4 heteroatoms. The highest BCUT2D eigenvalue weighted by atomic mass is 35.5. The van der Waals surface area contributed by atoms with Crippen LogP contribution in [0.3, 0.4) is 0 Å². The van der Waals surface area contributed by atoms with Gasteiger partial charge in [0, 0.05) is 10.7 Å². The van der Waals surface area contributed by atoms with Gasteiger partial charge in [-0.05, 0) is 42.3 Å². The molecule has 0 radical (unpaired) electrons. The first-order chi connectivity index (χ1) is 9.10. The zero-order valence-corrected chi connectivity index (χ0v) is 12.7. The fourth-order valence-electron chi connectivity index (χ4n) is 1.93. The van der Waals surface area contributed by atoms with E-state index in [0.29, 0.717) is 15.1 Å². The summed E-state index contributed by atoms with van der Waals surface area (Å²) in [7, 11) is 0. The highest BCUT2D eigenvalue weighted by molar-refractivity contribution is 6.42. The molecule has 1 atom stereocenters. The lowest BCUT2D eigenvalue weighted by atomic mass is 10.0. The van der Waals surface area contributed by atoms with Crippen molar-refractivity contribution < 1.29 is 0 Å². The van der Waals surface area contributed by atoms with Crippen molar-refractivity contribution in [2.24, 2.45) is 0 Å². The maximum absolute atomic E-state index is 6.06. The maximum Gasteiger partial charge on any atom is 0.0595 e. The monoisotopic (exact) mass is 313 g/mol. The van der Waals surface area contributed by atoms with Crippen molar-refractivity contribution in [3.63, 3.8) is 0 Å². The molecule has 0 aliphatic carbocycles. The molecule has 0 aromatic heterocycles. The van der Waals surface area contributed by atoms with E-state index < -0.39 is 0 Å². The Morgan fingerprint density at radius 1 is 1.00 bits per heavy atom. The molecule has 0 saturated carbocycles. The normalized spacial score (nSPS) is 12.2. The summed E-state index contributed by atoms with van der Waals surface area (Å²) >= 11 is 18.0. The number of nitrogens with one attached hydrogen (secondary N) is 1. The summed E-state index contributed by atoms with van der Waals surface area (Å²) in [5.74, 6) is 0. The van der Waals surface area contributed by atoms with E-state index in [1.807, 2.05) is 42.5 Å². The summed E-state index contributed by atoms with van der Waals surface area (Å²) in [6.07, 6.45) is 0.935. The van der Waals surface area contributed by atoms with E-state index in [0.717, 1.165) is 17.7 Å². The molecule has 2 aromatic carbocycles. The van der Waals surface area contributed by atoms with E-state index in [1.54, 1.807) is 0 Å². The van der Waals surface area contributed by atoms with Crippen LogP contribution in [0.5, 0.6) is 0 Å². The van der Waals surface area contributed by atoms with E-state index in [1.165, 1.54) is 0 Å². The SMILES string of the molecule is CCC(Nc1cccc(Cl)c1)c1ccc(Cl)c(Cl)c1. The lowest BCUT2D eigenvalue weighted by Gasteiger charge is -2.19. The Kier molecular flexibility index (Phi) is 4.98. The van der Waals surface area contributed by atoms with Gasteiger partial charge in [-0.15, -0.1) is 0 Å². The van der Waals surface area contributed by atoms with Crippen LogP contribution in [0.25, 0.3) is 0 Å². The van der Waals surface area contributed by atoms with Gasteiger partial charge in [-0.2, -0.15) is 0 Å². The summed E-state index contributed by atoms with van der Waals surface area (Å²) < 4.78 is 0. The molecule has 0 amide bonds. The molecule has 2 aromatic rings. The molecule has 2 rings (SSSR count). The number of hydrogen-bond donors (Lipinski definition) is 1. The number of anilines is 1. The molecular formula is C15H14Cl3N. The van der Waals surface area contributed by atoms with Crippen LogP contribution < -0.4 is 5.32 Å². The van der Waals surface area contributed by atoms with Gasteiger partial charge in [0.05, 0.1) is 16.1 Å². The average molecular weight is 315 g/mol. The molecule has 0 bridgehead atoms.